The van der Waals surface area contributed by atoms with E-state index in [1.165, 1.54) is 44.6 Å². The molecule has 3 aromatic carbocycles. The molecule has 9 heteroatoms. The fourth-order valence-corrected chi connectivity index (χ4v) is 4.70. The zero-order valence-electron chi connectivity index (χ0n) is 20.8. The fraction of sp³-hybridized carbons (Fsp3) is 0.296. The molecule has 0 aliphatic carbocycles. The molecule has 1 N–H and O–H groups in total. The van der Waals surface area contributed by atoms with E-state index in [0.29, 0.717) is 6.42 Å². The van der Waals surface area contributed by atoms with Crippen LogP contribution in [-0.2, 0) is 23.0 Å². The Balaban J connectivity index is 1.97. The number of sulfonamides is 1. The monoisotopic (exact) mass is 514 g/mol. The predicted octanol–water partition coefficient (Wildman–Crippen LogP) is 4.56. The van der Waals surface area contributed by atoms with E-state index in [1.807, 2.05) is 37.3 Å². The lowest BCUT2D eigenvalue weighted by molar-refractivity contribution is 0.0938. The van der Waals surface area contributed by atoms with E-state index < -0.39 is 21.7 Å². The molecule has 0 unspecified atom stereocenters. The first-order valence-corrected chi connectivity index (χ1v) is 13.3. The number of nitrogens with zero attached hydrogens (tertiary/aromatic N) is 1. The summed E-state index contributed by atoms with van der Waals surface area (Å²) >= 11 is 0. The Hall–Kier alpha value is -3.59. The quantitative estimate of drug-likeness (QED) is 0.406. The van der Waals surface area contributed by atoms with Gasteiger partial charge < -0.3 is 14.8 Å². The zero-order chi connectivity index (χ0) is 26.3. The Morgan fingerprint density at radius 2 is 1.61 bits per heavy atom. The van der Waals surface area contributed by atoms with Crippen LogP contribution in [0.2, 0.25) is 0 Å². The summed E-state index contributed by atoms with van der Waals surface area (Å²) < 4.78 is 51.9. The maximum Gasteiger partial charge on any atom is 0.253 e. The van der Waals surface area contributed by atoms with E-state index in [1.54, 1.807) is 6.07 Å². The molecule has 36 heavy (non-hydrogen) atoms. The Morgan fingerprint density at radius 1 is 1.00 bits per heavy atom. The van der Waals surface area contributed by atoms with Crippen molar-refractivity contribution in [2.45, 2.75) is 32.4 Å². The third kappa shape index (κ3) is 6.75. The number of aryl methyl sites for hydroxylation is 1. The second-order valence-corrected chi connectivity index (χ2v) is 10.4. The third-order valence-corrected chi connectivity index (χ3v) is 6.90. The van der Waals surface area contributed by atoms with Gasteiger partial charge in [-0.15, -0.1) is 0 Å². The average Bonchev–Trinajstić information content (AvgIpc) is 2.86. The minimum Gasteiger partial charge on any atom is -0.493 e. The van der Waals surface area contributed by atoms with Crippen molar-refractivity contribution in [3.05, 3.63) is 89.2 Å². The van der Waals surface area contributed by atoms with Crippen LogP contribution >= 0.6 is 0 Å². The van der Waals surface area contributed by atoms with Crippen molar-refractivity contribution in [1.29, 1.82) is 0 Å². The van der Waals surface area contributed by atoms with Gasteiger partial charge in [0.1, 0.15) is 5.82 Å². The van der Waals surface area contributed by atoms with Gasteiger partial charge in [-0.3, -0.25) is 9.10 Å². The summed E-state index contributed by atoms with van der Waals surface area (Å²) in [7, 11) is -1.08. The number of hydrogen-bond donors (Lipinski definition) is 1. The number of hydrogen-bond acceptors (Lipinski definition) is 5. The summed E-state index contributed by atoms with van der Waals surface area (Å²) in [6.07, 6.45) is 2.46. The molecule has 0 saturated heterocycles. The Labute approximate surface area is 211 Å². The molecule has 3 aromatic rings. The van der Waals surface area contributed by atoms with Crippen LogP contribution in [0.1, 0.15) is 34.8 Å². The summed E-state index contributed by atoms with van der Waals surface area (Å²) in [5, 5.41) is 2.95. The van der Waals surface area contributed by atoms with E-state index in [2.05, 4.69) is 5.32 Å². The molecule has 3 rings (SSSR count). The summed E-state index contributed by atoms with van der Waals surface area (Å²) in [5.41, 5.74) is 1.45. The Bertz CT molecular complexity index is 1300. The number of halogens is 1. The van der Waals surface area contributed by atoms with Gasteiger partial charge in [-0.2, -0.15) is 0 Å². The maximum absolute atomic E-state index is 14.4. The van der Waals surface area contributed by atoms with E-state index in [-0.39, 0.29) is 40.9 Å². The van der Waals surface area contributed by atoms with Gasteiger partial charge in [0.15, 0.2) is 11.5 Å². The van der Waals surface area contributed by atoms with Gasteiger partial charge in [-0.25, -0.2) is 12.8 Å². The normalized spacial score (nSPS) is 12.0. The highest BCUT2D eigenvalue weighted by Gasteiger charge is 2.27. The van der Waals surface area contributed by atoms with Gasteiger partial charge in [0.25, 0.3) is 5.91 Å². The van der Waals surface area contributed by atoms with Crippen molar-refractivity contribution >= 4 is 21.6 Å². The second kappa shape index (κ2) is 11.9. The first kappa shape index (κ1) is 27.0. The van der Waals surface area contributed by atoms with Crippen LogP contribution in [-0.4, -0.2) is 40.8 Å². The van der Waals surface area contributed by atoms with Crippen molar-refractivity contribution in [3.63, 3.8) is 0 Å². The number of methoxy groups -OCH3 is 2. The molecule has 0 aliphatic heterocycles. The number of carbonyl (C=O) groups is 1. The molecule has 7 nitrogen and oxygen atoms in total. The number of carbonyl (C=O) groups excluding carboxylic acids is 1. The summed E-state index contributed by atoms with van der Waals surface area (Å²) in [6, 6.07) is 18.5. The summed E-state index contributed by atoms with van der Waals surface area (Å²) in [5.74, 6) is -0.521. The van der Waals surface area contributed by atoms with Crippen molar-refractivity contribution in [2.24, 2.45) is 0 Å². The smallest absolute Gasteiger partial charge is 0.253 e. The molecule has 0 heterocycles. The Kier molecular flexibility index (Phi) is 8.93. The topological polar surface area (TPSA) is 84.9 Å². The lowest BCUT2D eigenvalue weighted by atomic mass is 10.1. The largest absolute Gasteiger partial charge is 0.493 e. The molecule has 0 bridgehead atoms. The van der Waals surface area contributed by atoms with Crippen LogP contribution in [0.4, 0.5) is 10.1 Å². The highest BCUT2D eigenvalue weighted by Crippen LogP contribution is 2.37. The number of amides is 1. The van der Waals surface area contributed by atoms with Gasteiger partial charge in [0.2, 0.25) is 10.0 Å². The highest BCUT2D eigenvalue weighted by molar-refractivity contribution is 7.92. The Morgan fingerprint density at radius 3 is 2.22 bits per heavy atom. The SMILES string of the molecule is COc1cc(C(=O)N[C@H](C)CCc2ccccc2)c(N(Cc2ccccc2F)S(C)(=O)=O)cc1OC. The van der Waals surface area contributed by atoms with Crippen molar-refractivity contribution in [3.8, 4) is 11.5 Å². The molecular weight excluding hydrogens is 483 g/mol. The first-order chi connectivity index (χ1) is 17.1. The fourth-order valence-electron chi connectivity index (χ4n) is 3.82. The van der Waals surface area contributed by atoms with E-state index in [4.69, 9.17) is 9.47 Å². The predicted molar refractivity (Wildman–Crippen MR) is 139 cm³/mol. The zero-order valence-corrected chi connectivity index (χ0v) is 21.6. The molecule has 0 radical (unpaired) electrons. The van der Waals surface area contributed by atoms with Gasteiger partial charge in [-0.1, -0.05) is 48.5 Å². The molecule has 0 fully saturated rings. The number of nitrogens with one attached hydrogen (secondary N) is 1. The standard InChI is InChI=1S/C27H31FN2O5S/c1-19(14-15-20-10-6-5-7-11-20)29-27(31)22-16-25(34-2)26(35-3)17-24(22)30(36(4,32)33)18-21-12-8-9-13-23(21)28/h5-13,16-17,19H,14-15,18H2,1-4H3,(H,29,31)/t19-/m1/s1. The second-order valence-electron chi connectivity index (χ2n) is 8.48. The molecule has 0 saturated carbocycles. The number of ether oxygens (including phenoxy) is 2. The van der Waals surface area contributed by atoms with Crippen molar-refractivity contribution in [2.75, 3.05) is 24.8 Å². The number of benzene rings is 3. The average molecular weight is 515 g/mol. The molecule has 1 amide bonds. The van der Waals surface area contributed by atoms with Gasteiger partial charge in [0, 0.05) is 17.7 Å². The molecule has 0 spiro atoms. The van der Waals surface area contributed by atoms with E-state index >= 15 is 0 Å². The van der Waals surface area contributed by atoms with Crippen LogP contribution in [0, 0.1) is 5.82 Å². The maximum atomic E-state index is 14.4. The van der Waals surface area contributed by atoms with Crippen molar-refractivity contribution in [1.82, 2.24) is 5.32 Å². The van der Waals surface area contributed by atoms with Crippen molar-refractivity contribution < 1.29 is 27.1 Å². The van der Waals surface area contributed by atoms with Crippen LogP contribution in [0.15, 0.2) is 66.7 Å². The third-order valence-electron chi connectivity index (χ3n) is 5.77. The van der Waals surface area contributed by atoms with Gasteiger partial charge >= 0.3 is 0 Å². The van der Waals surface area contributed by atoms with Crippen LogP contribution in [0.25, 0.3) is 0 Å². The molecular formula is C27H31FN2O5S. The van der Waals surface area contributed by atoms with E-state index in [9.17, 15) is 17.6 Å². The number of rotatable bonds is 11. The minimum absolute atomic E-state index is 0.0613. The van der Waals surface area contributed by atoms with Crippen LogP contribution in [0.3, 0.4) is 0 Å². The molecule has 192 valence electrons. The lowest BCUT2D eigenvalue weighted by Crippen LogP contribution is -2.36. The minimum atomic E-state index is -3.92. The van der Waals surface area contributed by atoms with Crippen LogP contribution in [0.5, 0.6) is 11.5 Å². The molecule has 0 aliphatic rings. The summed E-state index contributed by atoms with van der Waals surface area (Å²) in [4.78, 5) is 13.4. The molecule has 0 aromatic heterocycles. The highest BCUT2D eigenvalue weighted by atomic mass is 32.2. The lowest BCUT2D eigenvalue weighted by Gasteiger charge is -2.26. The van der Waals surface area contributed by atoms with Gasteiger partial charge in [-0.05, 0) is 37.5 Å². The van der Waals surface area contributed by atoms with E-state index in [0.717, 1.165) is 22.5 Å². The molecule has 1 atom stereocenters. The van der Waals surface area contributed by atoms with Gasteiger partial charge in [0.05, 0.1) is 38.3 Å². The first-order valence-electron chi connectivity index (χ1n) is 11.5. The van der Waals surface area contributed by atoms with Crippen LogP contribution < -0.4 is 19.1 Å². The summed E-state index contributed by atoms with van der Waals surface area (Å²) in [6.45, 7) is 1.58. The number of anilines is 1.